The highest BCUT2D eigenvalue weighted by molar-refractivity contribution is 7.18. The zero-order chi connectivity index (χ0) is 11.0. The highest BCUT2D eigenvalue weighted by Gasteiger charge is 2.15. The molecule has 3 N–H and O–H groups in total. The van der Waals surface area contributed by atoms with Crippen LogP contribution in [0.3, 0.4) is 0 Å². The first kappa shape index (κ1) is 10.2. The Morgan fingerprint density at radius 1 is 1.47 bits per heavy atom. The number of carboxylic acids is 1. The average Bonchev–Trinajstić information content (AvgIpc) is 2.71. The molecule has 0 saturated heterocycles. The molecule has 5 heteroatoms. The van der Waals surface area contributed by atoms with Crippen LogP contribution in [0.15, 0.2) is 16.8 Å². The first-order chi connectivity index (χ1) is 7.09. The van der Waals surface area contributed by atoms with Crippen LogP contribution in [0.4, 0.5) is 5.69 Å². The minimum absolute atomic E-state index is 0.218. The van der Waals surface area contributed by atoms with E-state index in [-0.39, 0.29) is 4.88 Å². The van der Waals surface area contributed by atoms with Crippen molar-refractivity contribution in [2.75, 3.05) is 5.73 Å². The third-order valence-electron chi connectivity index (χ3n) is 2.08. The molecule has 2 heterocycles. The monoisotopic (exact) mass is 239 g/mol. The summed E-state index contributed by atoms with van der Waals surface area (Å²) in [6.07, 6.45) is 0. The number of nitrogens with two attached hydrogens (primary N) is 1. The Hall–Kier alpha value is -1.33. The summed E-state index contributed by atoms with van der Waals surface area (Å²) in [5, 5.41) is 12.9. The maximum Gasteiger partial charge on any atom is 0.348 e. The number of carboxylic acid groups (broad SMARTS) is 1. The van der Waals surface area contributed by atoms with E-state index in [4.69, 9.17) is 10.8 Å². The van der Waals surface area contributed by atoms with Gasteiger partial charge in [-0.1, -0.05) is 0 Å². The number of anilines is 1. The van der Waals surface area contributed by atoms with Crippen molar-refractivity contribution in [3.8, 4) is 10.4 Å². The molecule has 0 amide bonds. The molecule has 2 rings (SSSR count). The second kappa shape index (κ2) is 3.67. The standard InChI is InChI=1S/C10H9NO2S2/c1-5-3-14-4-6(5)8-2-7(11)9(15-8)10(12)13/h2-4H,11H2,1H3,(H,12,13). The molecule has 0 aromatic carbocycles. The maximum absolute atomic E-state index is 10.8. The summed E-state index contributed by atoms with van der Waals surface area (Å²) in [5.74, 6) is -0.961. The fourth-order valence-corrected chi connectivity index (χ4v) is 3.24. The van der Waals surface area contributed by atoms with E-state index in [9.17, 15) is 4.79 Å². The molecule has 0 aliphatic carbocycles. The van der Waals surface area contributed by atoms with E-state index >= 15 is 0 Å². The Balaban J connectivity index is 2.52. The first-order valence-electron chi connectivity index (χ1n) is 4.25. The van der Waals surface area contributed by atoms with Gasteiger partial charge >= 0.3 is 5.97 Å². The zero-order valence-electron chi connectivity index (χ0n) is 7.98. The van der Waals surface area contributed by atoms with Gasteiger partial charge in [0.15, 0.2) is 0 Å². The summed E-state index contributed by atoms with van der Waals surface area (Å²) in [6, 6.07) is 1.73. The van der Waals surface area contributed by atoms with Crippen LogP contribution >= 0.6 is 22.7 Å². The van der Waals surface area contributed by atoms with Crippen molar-refractivity contribution >= 4 is 34.3 Å². The lowest BCUT2D eigenvalue weighted by atomic mass is 10.2. The molecule has 0 spiro atoms. The van der Waals surface area contributed by atoms with Gasteiger partial charge < -0.3 is 10.8 Å². The molecule has 0 saturated carbocycles. The number of rotatable bonds is 2. The van der Waals surface area contributed by atoms with Gasteiger partial charge in [-0.15, -0.1) is 11.3 Å². The number of aryl methyl sites for hydroxylation is 1. The normalized spacial score (nSPS) is 10.5. The highest BCUT2D eigenvalue weighted by Crippen LogP contribution is 2.36. The molecule has 15 heavy (non-hydrogen) atoms. The van der Waals surface area contributed by atoms with Gasteiger partial charge in [0, 0.05) is 10.4 Å². The molecular weight excluding hydrogens is 230 g/mol. The average molecular weight is 239 g/mol. The van der Waals surface area contributed by atoms with Crippen molar-refractivity contribution in [2.45, 2.75) is 6.92 Å². The van der Waals surface area contributed by atoms with E-state index < -0.39 is 5.97 Å². The summed E-state index contributed by atoms with van der Waals surface area (Å²) >= 11 is 2.82. The summed E-state index contributed by atoms with van der Waals surface area (Å²) in [7, 11) is 0. The van der Waals surface area contributed by atoms with Gasteiger partial charge in [-0.2, -0.15) is 11.3 Å². The van der Waals surface area contributed by atoms with Crippen LogP contribution in [0.25, 0.3) is 10.4 Å². The van der Waals surface area contributed by atoms with E-state index in [0.717, 1.165) is 16.0 Å². The molecule has 0 aliphatic heterocycles. The van der Waals surface area contributed by atoms with Crippen LogP contribution in [0, 0.1) is 6.92 Å². The van der Waals surface area contributed by atoms with Gasteiger partial charge in [-0.25, -0.2) is 4.79 Å². The Bertz CT molecular complexity index is 513. The van der Waals surface area contributed by atoms with Gasteiger partial charge in [-0.3, -0.25) is 0 Å². The van der Waals surface area contributed by atoms with Gasteiger partial charge in [0.25, 0.3) is 0 Å². The molecule has 78 valence electrons. The number of aromatic carboxylic acids is 1. The van der Waals surface area contributed by atoms with Crippen LogP contribution in [0.5, 0.6) is 0 Å². The SMILES string of the molecule is Cc1cscc1-c1cc(N)c(C(=O)O)s1. The first-order valence-corrected chi connectivity index (χ1v) is 6.01. The van der Waals surface area contributed by atoms with Crippen LogP contribution in [-0.2, 0) is 0 Å². The molecule has 0 unspecified atom stereocenters. The number of hydrogen-bond donors (Lipinski definition) is 2. The third-order valence-corrected chi connectivity index (χ3v) is 4.11. The summed E-state index contributed by atoms with van der Waals surface area (Å²) in [6.45, 7) is 2.00. The third kappa shape index (κ3) is 1.75. The van der Waals surface area contributed by atoms with E-state index in [1.165, 1.54) is 11.3 Å². The van der Waals surface area contributed by atoms with Crippen LogP contribution in [0.2, 0.25) is 0 Å². The molecule has 0 radical (unpaired) electrons. The van der Waals surface area contributed by atoms with E-state index in [1.54, 1.807) is 17.4 Å². The predicted molar refractivity (Wildman–Crippen MR) is 63.7 cm³/mol. The summed E-state index contributed by atoms with van der Waals surface area (Å²) in [4.78, 5) is 12.0. The van der Waals surface area contributed by atoms with Crippen LogP contribution in [0.1, 0.15) is 15.2 Å². The van der Waals surface area contributed by atoms with Crippen molar-refractivity contribution in [3.63, 3.8) is 0 Å². The lowest BCUT2D eigenvalue weighted by Crippen LogP contribution is -1.96. The lowest BCUT2D eigenvalue weighted by Gasteiger charge is -1.92. The Morgan fingerprint density at radius 3 is 2.67 bits per heavy atom. The minimum Gasteiger partial charge on any atom is -0.477 e. The van der Waals surface area contributed by atoms with E-state index in [1.807, 2.05) is 17.7 Å². The number of hydrogen-bond acceptors (Lipinski definition) is 4. The summed E-state index contributed by atoms with van der Waals surface area (Å²) < 4.78 is 0. The van der Waals surface area contributed by atoms with Crippen molar-refractivity contribution < 1.29 is 9.90 Å². The number of thiophene rings is 2. The number of carbonyl (C=O) groups is 1. The van der Waals surface area contributed by atoms with Crippen LogP contribution < -0.4 is 5.73 Å². The Morgan fingerprint density at radius 2 is 2.20 bits per heavy atom. The van der Waals surface area contributed by atoms with Crippen molar-refractivity contribution in [3.05, 3.63) is 27.3 Å². The molecule has 3 nitrogen and oxygen atoms in total. The van der Waals surface area contributed by atoms with Crippen molar-refractivity contribution in [1.82, 2.24) is 0 Å². The second-order valence-electron chi connectivity index (χ2n) is 3.17. The lowest BCUT2D eigenvalue weighted by molar-refractivity contribution is 0.0703. The van der Waals surface area contributed by atoms with Gasteiger partial charge in [-0.05, 0) is 29.3 Å². The number of nitrogen functional groups attached to an aromatic ring is 1. The fourth-order valence-electron chi connectivity index (χ4n) is 1.32. The van der Waals surface area contributed by atoms with Crippen molar-refractivity contribution in [1.29, 1.82) is 0 Å². The second-order valence-corrected chi connectivity index (χ2v) is 4.96. The van der Waals surface area contributed by atoms with Gasteiger partial charge in [0.05, 0.1) is 5.69 Å². The topological polar surface area (TPSA) is 63.3 Å². The predicted octanol–water partition coefficient (Wildman–Crippen LogP) is 3.07. The van der Waals surface area contributed by atoms with E-state index in [0.29, 0.717) is 5.69 Å². The highest BCUT2D eigenvalue weighted by atomic mass is 32.1. The Labute approximate surface area is 94.8 Å². The molecule has 0 atom stereocenters. The maximum atomic E-state index is 10.8. The molecule has 0 fully saturated rings. The van der Waals surface area contributed by atoms with Gasteiger partial charge in [0.2, 0.25) is 0 Å². The summed E-state index contributed by atoms with van der Waals surface area (Å²) in [5.41, 5.74) is 8.20. The molecule has 0 aliphatic rings. The van der Waals surface area contributed by atoms with Gasteiger partial charge in [0.1, 0.15) is 4.88 Å². The Kier molecular flexibility index (Phi) is 2.50. The molecule has 0 bridgehead atoms. The minimum atomic E-state index is -0.961. The largest absolute Gasteiger partial charge is 0.477 e. The fraction of sp³-hybridized carbons (Fsp3) is 0.100. The molecule has 2 aromatic rings. The van der Waals surface area contributed by atoms with Crippen LogP contribution in [-0.4, -0.2) is 11.1 Å². The zero-order valence-corrected chi connectivity index (χ0v) is 9.61. The van der Waals surface area contributed by atoms with Crippen molar-refractivity contribution in [2.24, 2.45) is 0 Å². The molecule has 2 aromatic heterocycles. The smallest absolute Gasteiger partial charge is 0.348 e. The quantitative estimate of drug-likeness (QED) is 0.846. The molecular formula is C10H9NO2S2. The van der Waals surface area contributed by atoms with E-state index in [2.05, 4.69) is 0 Å².